The molecule has 1 fully saturated rings. The number of hydrogen-bond acceptors (Lipinski definition) is 3. The van der Waals surface area contributed by atoms with Crippen LogP contribution < -0.4 is 5.73 Å². The third-order valence-electron chi connectivity index (χ3n) is 2.97. The number of rotatable bonds is 2. The van der Waals surface area contributed by atoms with Gasteiger partial charge in [0, 0.05) is 18.7 Å². The van der Waals surface area contributed by atoms with Crippen LogP contribution in [0.2, 0.25) is 0 Å². The number of benzene rings is 1. The summed E-state index contributed by atoms with van der Waals surface area (Å²) in [5.41, 5.74) is 7.65. The molecule has 16 heavy (non-hydrogen) atoms. The van der Waals surface area contributed by atoms with E-state index in [0.717, 1.165) is 38.0 Å². The summed E-state index contributed by atoms with van der Waals surface area (Å²) in [5.74, 6) is 0.368. The summed E-state index contributed by atoms with van der Waals surface area (Å²) in [6.45, 7) is 2.48. The third-order valence-corrected chi connectivity index (χ3v) is 2.97. The molecule has 0 radical (unpaired) electrons. The Kier molecular flexibility index (Phi) is 3.57. The number of carbonyl (C=O) groups is 1. The fourth-order valence-electron chi connectivity index (χ4n) is 2.08. The number of likely N-dealkylation sites (tertiary alicyclic amines) is 1. The van der Waals surface area contributed by atoms with Crippen molar-refractivity contribution in [3.8, 4) is 0 Å². The van der Waals surface area contributed by atoms with Gasteiger partial charge in [-0.15, -0.1) is 0 Å². The number of carbonyl (C=O) groups excluding carboxylic acids is 1. The Bertz CT molecular complexity index is 359. The minimum atomic E-state index is 0.368. The number of nitrogens with two attached hydrogens (primary N) is 1. The number of hydrogen-bond donors (Lipinski definition) is 1. The maximum atomic E-state index is 11.5. The van der Waals surface area contributed by atoms with Crippen molar-refractivity contribution in [2.24, 2.45) is 0 Å². The van der Waals surface area contributed by atoms with Crippen molar-refractivity contribution >= 4 is 11.5 Å². The van der Waals surface area contributed by atoms with Crippen molar-refractivity contribution in [2.45, 2.75) is 25.8 Å². The van der Waals surface area contributed by atoms with Gasteiger partial charge >= 0.3 is 0 Å². The van der Waals surface area contributed by atoms with E-state index in [1.807, 2.05) is 24.3 Å². The van der Waals surface area contributed by atoms with Crippen LogP contribution >= 0.6 is 0 Å². The van der Waals surface area contributed by atoms with Gasteiger partial charge < -0.3 is 5.73 Å². The topological polar surface area (TPSA) is 46.3 Å². The van der Waals surface area contributed by atoms with E-state index in [9.17, 15) is 4.79 Å². The lowest BCUT2D eigenvalue weighted by Crippen LogP contribution is -2.27. The van der Waals surface area contributed by atoms with Gasteiger partial charge in [-0.25, -0.2) is 0 Å². The number of ketones is 1. The lowest BCUT2D eigenvalue weighted by atomic mass is 10.2. The lowest BCUT2D eigenvalue weighted by molar-refractivity contribution is -0.119. The summed E-state index contributed by atoms with van der Waals surface area (Å²) >= 11 is 0. The molecule has 0 spiro atoms. The van der Waals surface area contributed by atoms with Gasteiger partial charge in [-0.05, 0) is 37.1 Å². The normalized spacial score (nSPS) is 18.4. The quantitative estimate of drug-likeness (QED) is 0.770. The summed E-state index contributed by atoms with van der Waals surface area (Å²) in [6, 6.07) is 7.89. The first-order chi connectivity index (χ1) is 7.74. The Balaban J connectivity index is 1.97. The van der Waals surface area contributed by atoms with Gasteiger partial charge in [-0.3, -0.25) is 9.69 Å². The van der Waals surface area contributed by atoms with E-state index in [0.29, 0.717) is 12.3 Å². The Morgan fingerprint density at radius 2 is 1.94 bits per heavy atom. The van der Waals surface area contributed by atoms with Gasteiger partial charge in [0.25, 0.3) is 0 Å². The summed E-state index contributed by atoms with van der Waals surface area (Å²) in [4.78, 5) is 13.7. The van der Waals surface area contributed by atoms with Crippen molar-refractivity contribution in [2.75, 3.05) is 18.8 Å². The molecule has 3 heteroatoms. The standard InChI is InChI=1S/C13H18N2O/c14-12-6-4-11(5-7-12)9-15-8-2-1-3-13(16)10-15/h4-7H,1-3,8-10,14H2. The molecule has 0 unspecified atom stereocenters. The second-order valence-corrected chi connectivity index (χ2v) is 4.45. The molecule has 0 amide bonds. The molecule has 1 aliphatic heterocycles. The minimum Gasteiger partial charge on any atom is -0.399 e. The molecule has 86 valence electrons. The average Bonchev–Trinajstić information content (AvgIpc) is 2.46. The summed E-state index contributed by atoms with van der Waals surface area (Å²) in [6.07, 6.45) is 2.91. The predicted molar refractivity (Wildman–Crippen MR) is 65.0 cm³/mol. The highest BCUT2D eigenvalue weighted by Gasteiger charge is 2.14. The monoisotopic (exact) mass is 218 g/mol. The molecule has 2 rings (SSSR count). The second kappa shape index (κ2) is 5.12. The molecular formula is C13H18N2O. The van der Waals surface area contributed by atoms with Crippen LogP contribution in [0.3, 0.4) is 0 Å². The van der Waals surface area contributed by atoms with Crippen LogP contribution in [-0.2, 0) is 11.3 Å². The van der Waals surface area contributed by atoms with Gasteiger partial charge in [0.1, 0.15) is 5.78 Å². The van der Waals surface area contributed by atoms with Crippen molar-refractivity contribution in [1.82, 2.24) is 4.90 Å². The Morgan fingerprint density at radius 3 is 2.69 bits per heavy atom. The molecule has 0 saturated carbocycles. The molecule has 3 nitrogen and oxygen atoms in total. The highest BCUT2D eigenvalue weighted by Crippen LogP contribution is 2.12. The maximum absolute atomic E-state index is 11.5. The average molecular weight is 218 g/mol. The first kappa shape index (κ1) is 11.1. The number of nitrogens with zero attached hydrogens (tertiary/aromatic N) is 1. The smallest absolute Gasteiger partial charge is 0.146 e. The summed E-state index contributed by atoms with van der Waals surface area (Å²) in [7, 11) is 0. The predicted octanol–water partition coefficient (Wildman–Crippen LogP) is 1.82. The molecule has 1 aliphatic rings. The zero-order valence-corrected chi connectivity index (χ0v) is 9.48. The van der Waals surface area contributed by atoms with E-state index in [4.69, 9.17) is 5.73 Å². The van der Waals surface area contributed by atoms with E-state index in [1.54, 1.807) is 0 Å². The Hall–Kier alpha value is -1.35. The number of anilines is 1. The lowest BCUT2D eigenvalue weighted by Gasteiger charge is -2.18. The van der Waals surface area contributed by atoms with Crippen LogP contribution in [0, 0.1) is 0 Å². The molecule has 1 aromatic carbocycles. The van der Waals surface area contributed by atoms with Gasteiger partial charge in [-0.2, -0.15) is 0 Å². The largest absolute Gasteiger partial charge is 0.399 e. The zero-order valence-electron chi connectivity index (χ0n) is 9.48. The third kappa shape index (κ3) is 3.07. The first-order valence-corrected chi connectivity index (χ1v) is 5.82. The number of nitrogen functional groups attached to an aromatic ring is 1. The fourth-order valence-corrected chi connectivity index (χ4v) is 2.08. The summed E-state index contributed by atoms with van der Waals surface area (Å²) in [5, 5.41) is 0. The molecule has 0 aliphatic carbocycles. The van der Waals surface area contributed by atoms with Crippen molar-refractivity contribution in [3.05, 3.63) is 29.8 Å². The molecule has 0 atom stereocenters. The Morgan fingerprint density at radius 1 is 1.19 bits per heavy atom. The first-order valence-electron chi connectivity index (χ1n) is 5.82. The van der Waals surface area contributed by atoms with Crippen molar-refractivity contribution in [3.63, 3.8) is 0 Å². The Labute approximate surface area is 96.2 Å². The van der Waals surface area contributed by atoms with Gasteiger partial charge in [0.05, 0.1) is 6.54 Å². The van der Waals surface area contributed by atoms with Crippen LogP contribution in [0.5, 0.6) is 0 Å². The van der Waals surface area contributed by atoms with E-state index >= 15 is 0 Å². The second-order valence-electron chi connectivity index (χ2n) is 4.45. The van der Waals surface area contributed by atoms with Crippen LogP contribution in [0.25, 0.3) is 0 Å². The maximum Gasteiger partial charge on any atom is 0.146 e. The van der Waals surface area contributed by atoms with E-state index in [2.05, 4.69) is 4.90 Å². The highest BCUT2D eigenvalue weighted by atomic mass is 16.1. The van der Waals surface area contributed by atoms with Crippen molar-refractivity contribution in [1.29, 1.82) is 0 Å². The SMILES string of the molecule is Nc1ccc(CN2CCCCC(=O)C2)cc1. The molecule has 0 aromatic heterocycles. The van der Waals surface area contributed by atoms with E-state index in [1.165, 1.54) is 5.56 Å². The highest BCUT2D eigenvalue weighted by molar-refractivity contribution is 5.80. The zero-order chi connectivity index (χ0) is 11.4. The van der Waals surface area contributed by atoms with E-state index < -0.39 is 0 Å². The molecule has 0 bridgehead atoms. The van der Waals surface area contributed by atoms with Crippen LogP contribution in [0.15, 0.2) is 24.3 Å². The molecular weight excluding hydrogens is 200 g/mol. The van der Waals surface area contributed by atoms with Crippen LogP contribution in [0.1, 0.15) is 24.8 Å². The molecule has 1 saturated heterocycles. The van der Waals surface area contributed by atoms with Crippen LogP contribution in [-0.4, -0.2) is 23.8 Å². The van der Waals surface area contributed by atoms with Gasteiger partial charge in [0.2, 0.25) is 0 Å². The summed E-state index contributed by atoms with van der Waals surface area (Å²) < 4.78 is 0. The van der Waals surface area contributed by atoms with E-state index in [-0.39, 0.29) is 0 Å². The number of Topliss-reactive ketones (excluding diaryl/α,β-unsaturated/α-hetero) is 1. The van der Waals surface area contributed by atoms with Crippen molar-refractivity contribution < 1.29 is 4.79 Å². The molecule has 1 heterocycles. The van der Waals surface area contributed by atoms with Gasteiger partial charge in [-0.1, -0.05) is 12.1 Å². The fraction of sp³-hybridized carbons (Fsp3) is 0.462. The molecule has 1 aromatic rings. The molecule has 2 N–H and O–H groups in total. The van der Waals surface area contributed by atoms with Crippen LogP contribution in [0.4, 0.5) is 5.69 Å². The minimum absolute atomic E-state index is 0.368. The van der Waals surface area contributed by atoms with Gasteiger partial charge in [0.15, 0.2) is 0 Å².